The van der Waals surface area contributed by atoms with Gasteiger partial charge >= 0.3 is 6.09 Å². The highest BCUT2D eigenvalue weighted by atomic mass is 16.6. The average molecular weight is 358 g/mol. The lowest BCUT2D eigenvalue weighted by molar-refractivity contribution is 0.00396. The second kappa shape index (κ2) is 9.22. The molecule has 0 spiro atoms. The molecule has 3 atom stereocenters. The summed E-state index contributed by atoms with van der Waals surface area (Å²) in [6.07, 6.45) is 4.83. The number of hydrogen-bond donors (Lipinski definition) is 3. The number of aliphatic hydroxyl groups is 2. The Balaban J connectivity index is 2.68. The normalized spacial score (nSPS) is 20.6. The Morgan fingerprint density at radius 1 is 1.04 bits per heavy atom. The minimum Gasteiger partial charge on any atom is -0.444 e. The molecular weight excluding hydrogens is 318 g/mol. The van der Waals surface area contributed by atoms with Crippen LogP contribution in [0.3, 0.4) is 0 Å². The molecule has 0 aromatic rings. The maximum Gasteiger partial charge on any atom is 0.407 e. The first-order chi connectivity index (χ1) is 11.4. The van der Waals surface area contributed by atoms with Crippen molar-refractivity contribution in [2.75, 3.05) is 0 Å². The van der Waals surface area contributed by atoms with Crippen LogP contribution in [0.5, 0.6) is 0 Å². The standard InChI is InChI=1S/C20H39NO4/c1-19(2,3)17(23)13-15(22)12-16(14-10-8-7-9-11-14)21-18(24)25-20(4,5)6/h14-17,22-23H,7-13H2,1-6H3,(H,21,24)/t15-,16-,17-/m0/s1. The lowest BCUT2D eigenvalue weighted by atomic mass is 9.80. The molecule has 1 amide bonds. The van der Waals surface area contributed by atoms with Crippen LogP contribution in [0.2, 0.25) is 0 Å². The van der Waals surface area contributed by atoms with Crippen molar-refractivity contribution >= 4 is 6.09 Å². The fourth-order valence-electron chi connectivity index (χ4n) is 3.37. The SMILES string of the molecule is CC(C)(C)OC(=O)N[C@@H](C[C@H](O)C[C@H](O)C(C)(C)C)C1CCCCC1. The summed E-state index contributed by atoms with van der Waals surface area (Å²) in [5.74, 6) is 0.364. The van der Waals surface area contributed by atoms with E-state index in [1.807, 2.05) is 41.5 Å². The second-order valence-electron chi connectivity index (χ2n) is 9.66. The van der Waals surface area contributed by atoms with Gasteiger partial charge in [0, 0.05) is 6.04 Å². The molecule has 3 N–H and O–H groups in total. The summed E-state index contributed by atoms with van der Waals surface area (Å²) < 4.78 is 5.39. The fourth-order valence-corrected chi connectivity index (χ4v) is 3.37. The lowest BCUT2D eigenvalue weighted by Crippen LogP contribution is -2.45. The van der Waals surface area contributed by atoms with Gasteiger partial charge in [-0.3, -0.25) is 0 Å². The first-order valence-electron chi connectivity index (χ1n) is 9.74. The minimum absolute atomic E-state index is 0.114. The smallest absolute Gasteiger partial charge is 0.407 e. The Bertz CT molecular complexity index is 405. The summed E-state index contributed by atoms with van der Waals surface area (Å²) in [6, 6.07) is -0.114. The van der Waals surface area contributed by atoms with E-state index in [0.29, 0.717) is 18.8 Å². The van der Waals surface area contributed by atoms with Crippen LogP contribution in [0.4, 0.5) is 4.79 Å². The van der Waals surface area contributed by atoms with Crippen LogP contribution >= 0.6 is 0 Å². The largest absolute Gasteiger partial charge is 0.444 e. The number of alkyl carbamates (subject to hydrolysis) is 1. The molecule has 5 heteroatoms. The van der Waals surface area contributed by atoms with Crippen molar-refractivity contribution < 1.29 is 19.7 Å². The Kier molecular flexibility index (Phi) is 8.20. The number of amides is 1. The van der Waals surface area contributed by atoms with E-state index >= 15 is 0 Å². The van der Waals surface area contributed by atoms with Gasteiger partial charge in [-0.15, -0.1) is 0 Å². The van der Waals surface area contributed by atoms with Gasteiger partial charge in [-0.1, -0.05) is 40.0 Å². The molecule has 0 radical (unpaired) electrons. The molecule has 0 aromatic heterocycles. The van der Waals surface area contributed by atoms with Gasteiger partial charge in [0.1, 0.15) is 5.60 Å². The van der Waals surface area contributed by atoms with E-state index in [0.717, 1.165) is 25.7 Å². The van der Waals surface area contributed by atoms with Gasteiger partial charge in [-0.2, -0.15) is 0 Å². The van der Waals surface area contributed by atoms with E-state index in [-0.39, 0.29) is 11.5 Å². The number of rotatable bonds is 6. The highest BCUT2D eigenvalue weighted by Gasteiger charge is 2.31. The predicted molar refractivity (Wildman–Crippen MR) is 100 cm³/mol. The molecule has 0 aromatic carbocycles. The van der Waals surface area contributed by atoms with E-state index in [2.05, 4.69) is 5.32 Å². The van der Waals surface area contributed by atoms with E-state index in [4.69, 9.17) is 4.74 Å². The number of ether oxygens (including phenoxy) is 1. The molecule has 0 heterocycles. The zero-order valence-electron chi connectivity index (χ0n) is 17.0. The first kappa shape index (κ1) is 22.2. The Hall–Kier alpha value is -0.810. The van der Waals surface area contributed by atoms with Crippen LogP contribution in [-0.2, 0) is 4.74 Å². The summed E-state index contributed by atoms with van der Waals surface area (Å²) in [6.45, 7) is 11.4. The van der Waals surface area contributed by atoms with Gasteiger partial charge in [0.2, 0.25) is 0 Å². The third kappa shape index (κ3) is 8.91. The van der Waals surface area contributed by atoms with Gasteiger partial charge in [0.25, 0.3) is 0 Å². The molecule has 148 valence electrons. The highest BCUT2D eigenvalue weighted by Crippen LogP contribution is 2.30. The van der Waals surface area contributed by atoms with Crippen LogP contribution in [0, 0.1) is 11.3 Å². The van der Waals surface area contributed by atoms with Crippen LogP contribution < -0.4 is 5.32 Å². The van der Waals surface area contributed by atoms with Crippen LogP contribution in [-0.4, -0.2) is 40.2 Å². The predicted octanol–water partition coefficient (Wildman–Crippen LogP) is 4.01. The Morgan fingerprint density at radius 2 is 1.60 bits per heavy atom. The highest BCUT2D eigenvalue weighted by molar-refractivity contribution is 5.68. The zero-order chi connectivity index (χ0) is 19.3. The van der Waals surface area contributed by atoms with E-state index in [1.165, 1.54) is 6.42 Å². The molecule has 1 rings (SSSR count). The van der Waals surface area contributed by atoms with Gasteiger partial charge in [0.05, 0.1) is 12.2 Å². The van der Waals surface area contributed by atoms with Crippen molar-refractivity contribution in [2.45, 2.75) is 110 Å². The molecular formula is C20H39NO4. The van der Waals surface area contributed by atoms with Gasteiger partial charge in [-0.25, -0.2) is 4.79 Å². The molecule has 5 nitrogen and oxygen atoms in total. The number of carbonyl (C=O) groups excluding carboxylic acids is 1. The summed E-state index contributed by atoms with van der Waals surface area (Å²) >= 11 is 0. The fraction of sp³-hybridized carbons (Fsp3) is 0.950. The first-order valence-corrected chi connectivity index (χ1v) is 9.74. The number of carbonyl (C=O) groups is 1. The Labute approximate surface area is 153 Å². The van der Waals surface area contributed by atoms with Gasteiger partial charge in [0.15, 0.2) is 0 Å². The molecule has 0 bridgehead atoms. The molecule has 0 unspecified atom stereocenters. The summed E-state index contributed by atoms with van der Waals surface area (Å²) in [4.78, 5) is 12.2. The van der Waals surface area contributed by atoms with Crippen LogP contribution in [0.15, 0.2) is 0 Å². The van der Waals surface area contributed by atoms with Crippen molar-refractivity contribution in [2.24, 2.45) is 11.3 Å². The van der Waals surface area contributed by atoms with E-state index in [1.54, 1.807) is 0 Å². The van der Waals surface area contributed by atoms with Crippen LogP contribution in [0.1, 0.15) is 86.5 Å². The van der Waals surface area contributed by atoms with Gasteiger partial charge < -0.3 is 20.3 Å². The number of aliphatic hydroxyl groups excluding tert-OH is 2. The third-order valence-electron chi connectivity index (χ3n) is 4.94. The molecule has 0 saturated heterocycles. The molecule has 25 heavy (non-hydrogen) atoms. The lowest BCUT2D eigenvalue weighted by Gasteiger charge is -2.34. The molecule has 1 saturated carbocycles. The second-order valence-corrected chi connectivity index (χ2v) is 9.66. The summed E-state index contributed by atoms with van der Waals surface area (Å²) in [5, 5.41) is 23.7. The average Bonchev–Trinajstić information content (AvgIpc) is 2.44. The minimum atomic E-state index is -0.643. The number of nitrogens with one attached hydrogen (secondary N) is 1. The summed E-state index contributed by atoms with van der Waals surface area (Å²) in [5.41, 5.74) is -0.803. The Morgan fingerprint density at radius 3 is 2.08 bits per heavy atom. The van der Waals surface area contributed by atoms with Crippen LogP contribution in [0.25, 0.3) is 0 Å². The van der Waals surface area contributed by atoms with E-state index < -0.39 is 23.9 Å². The maximum atomic E-state index is 12.2. The molecule has 1 aliphatic rings. The van der Waals surface area contributed by atoms with Gasteiger partial charge in [-0.05, 0) is 57.8 Å². The molecule has 0 aliphatic heterocycles. The number of hydrogen-bond acceptors (Lipinski definition) is 4. The maximum absolute atomic E-state index is 12.2. The van der Waals surface area contributed by atoms with Crippen molar-refractivity contribution in [1.29, 1.82) is 0 Å². The topological polar surface area (TPSA) is 78.8 Å². The quantitative estimate of drug-likeness (QED) is 0.671. The van der Waals surface area contributed by atoms with Crippen molar-refractivity contribution in [3.63, 3.8) is 0 Å². The van der Waals surface area contributed by atoms with Crippen molar-refractivity contribution in [3.05, 3.63) is 0 Å². The molecule has 1 fully saturated rings. The van der Waals surface area contributed by atoms with Crippen molar-refractivity contribution in [1.82, 2.24) is 5.32 Å². The third-order valence-corrected chi connectivity index (χ3v) is 4.94. The zero-order valence-corrected chi connectivity index (χ0v) is 17.0. The van der Waals surface area contributed by atoms with Crippen molar-refractivity contribution in [3.8, 4) is 0 Å². The van der Waals surface area contributed by atoms with E-state index in [9.17, 15) is 15.0 Å². The molecule has 1 aliphatic carbocycles. The monoisotopic (exact) mass is 357 g/mol. The summed E-state index contributed by atoms with van der Waals surface area (Å²) in [7, 11) is 0.